The van der Waals surface area contributed by atoms with E-state index < -0.39 is 0 Å². The summed E-state index contributed by atoms with van der Waals surface area (Å²) >= 11 is 0. The van der Waals surface area contributed by atoms with Crippen molar-refractivity contribution in [2.75, 3.05) is 6.61 Å². The van der Waals surface area contributed by atoms with Gasteiger partial charge in [0.25, 0.3) is 0 Å². The van der Waals surface area contributed by atoms with Crippen LogP contribution in [0, 0.1) is 13.8 Å². The molecule has 3 nitrogen and oxygen atoms in total. The third kappa shape index (κ3) is 2.94. The normalized spacial score (nSPS) is 10.8. The zero-order valence-corrected chi connectivity index (χ0v) is 10.2. The predicted molar refractivity (Wildman–Crippen MR) is 66.8 cm³/mol. The van der Waals surface area contributed by atoms with Crippen LogP contribution in [0.1, 0.15) is 23.3 Å². The minimum absolute atomic E-state index is 0.180. The summed E-state index contributed by atoms with van der Waals surface area (Å²) in [6.07, 6.45) is 1.44. The molecule has 0 unspecified atom stereocenters. The molecule has 0 amide bonds. The molecule has 1 aromatic heterocycles. The number of aromatic nitrogens is 1. The second kappa shape index (κ2) is 5.15. The summed E-state index contributed by atoms with van der Waals surface area (Å²) < 4.78 is 5.24. The van der Waals surface area contributed by atoms with Crippen molar-refractivity contribution in [3.63, 3.8) is 0 Å². The highest BCUT2D eigenvalue weighted by atomic mass is 16.5. The van der Waals surface area contributed by atoms with Crippen LogP contribution in [0.3, 0.4) is 0 Å². The van der Waals surface area contributed by atoms with Gasteiger partial charge in [-0.25, -0.2) is 0 Å². The van der Waals surface area contributed by atoms with Gasteiger partial charge in [-0.2, -0.15) is 0 Å². The molecule has 0 fully saturated rings. The van der Waals surface area contributed by atoms with Gasteiger partial charge in [0, 0.05) is 24.7 Å². The van der Waals surface area contributed by atoms with Crippen LogP contribution in [0.15, 0.2) is 28.8 Å². The molecule has 90 valence electrons. The third-order valence-electron chi connectivity index (χ3n) is 2.66. The van der Waals surface area contributed by atoms with Crippen molar-refractivity contribution in [1.82, 2.24) is 5.16 Å². The van der Waals surface area contributed by atoms with Crippen LogP contribution in [-0.2, 0) is 6.42 Å². The van der Waals surface area contributed by atoms with Crippen LogP contribution in [0.2, 0.25) is 0 Å². The Hall–Kier alpha value is -1.61. The van der Waals surface area contributed by atoms with Gasteiger partial charge in [0.2, 0.25) is 0 Å². The average molecular weight is 231 g/mol. The standard InChI is InChI=1S/C14H17NO2/c1-10-6-11(2)8-12(7-10)14-9-13(17-15-14)4-3-5-16/h6-9,16H,3-5H2,1-2H3. The summed E-state index contributed by atoms with van der Waals surface area (Å²) in [6, 6.07) is 8.28. The van der Waals surface area contributed by atoms with E-state index in [-0.39, 0.29) is 6.61 Å². The molecule has 0 atom stereocenters. The Bertz CT molecular complexity index is 482. The Morgan fingerprint density at radius 2 is 1.82 bits per heavy atom. The number of aryl methyl sites for hydroxylation is 3. The van der Waals surface area contributed by atoms with E-state index in [1.165, 1.54) is 11.1 Å². The van der Waals surface area contributed by atoms with Crippen molar-refractivity contribution in [3.05, 3.63) is 41.2 Å². The van der Waals surface area contributed by atoms with Gasteiger partial charge in [0.15, 0.2) is 0 Å². The SMILES string of the molecule is Cc1cc(C)cc(-c2cc(CCCO)on2)c1. The minimum Gasteiger partial charge on any atom is -0.396 e. The number of aliphatic hydroxyl groups excluding tert-OH is 1. The Morgan fingerprint density at radius 1 is 1.12 bits per heavy atom. The summed E-state index contributed by atoms with van der Waals surface area (Å²) in [6.45, 7) is 4.33. The number of aliphatic hydroxyl groups is 1. The lowest BCUT2D eigenvalue weighted by molar-refractivity contribution is 0.280. The molecule has 0 aliphatic heterocycles. The summed E-state index contributed by atoms with van der Waals surface area (Å²) in [5, 5.41) is 12.8. The first-order chi connectivity index (χ1) is 8.19. The van der Waals surface area contributed by atoms with E-state index in [1.54, 1.807) is 0 Å². The summed E-state index contributed by atoms with van der Waals surface area (Å²) in [5.74, 6) is 0.827. The molecule has 2 aromatic rings. The van der Waals surface area contributed by atoms with Crippen LogP contribution in [-0.4, -0.2) is 16.9 Å². The van der Waals surface area contributed by atoms with Gasteiger partial charge in [0.05, 0.1) is 0 Å². The first-order valence-electron chi connectivity index (χ1n) is 5.84. The van der Waals surface area contributed by atoms with Gasteiger partial charge >= 0.3 is 0 Å². The molecule has 0 aliphatic rings. The van der Waals surface area contributed by atoms with Gasteiger partial charge in [-0.3, -0.25) is 0 Å². The molecule has 1 N–H and O–H groups in total. The maximum absolute atomic E-state index is 8.76. The van der Waals surface area contributed by atoms with E-state index in [1.807, 2.05) is 6.07 Å². The van der Waals surface area contributed by atoms with E-state index >= 15 is 0 Å². The molecule has 17 heavy (non-hydrogen) atoms. The van der Waals surface area contributed by atoms with Crippen LogP contribution >= 0.6 is 0 Å². The van der Waals surface area contributed by atoms with Gasteiger partial charge in [-0.15, -0.1) is 0 Å². The monoisotopic (exact) mass is 231 g/mol. The maximum Gasteiger partial charge on any atom is 0.137 e. The van der Waals surface area contributed by atoms with E-state index in [2.05, 4.69) is 37.2 Å². The van der Waals surface area contributed by atoms with E-state index in [0.717, 1.165) is 23.4 Å². The highest BCUT2D eigenvalue weighted by molar-refractivity contribution is 5.61. The topological polar surface area (TPSA) is 46.3 Å². The molecule has 1 aromatic carbocycles. The van der Waals surface area contributed by atoms with Gasteiger partial charge in [-0.1, -0.05) is 22.3 Å². The molecule has 0 aliphatic carbocycles. The van der Waals surface area contributed by atoms with Crippen molar-refractivity contribution in [2.24, 2.45) is 0 Å². The average Bonchev–Trinajstić information content (AvgIpc) is 2.73. The van der Waals surface area contributed by atoms with Crippen LogP contribution < -0.4 is 0 Å². The van der Waals surface area contributed by atoms with Gasteiger partial charge in [-0.05, 0) is 32.4 Å². The van der Waals surface area contributed by atoms with E-state index in [4.69, 9.17) is 9.63 Å². The maximum atomic E-state index is 8.76. The zero-order valence-electron chi connectivity index (χ0n) is 10.2. The fourth-order valence-electron chi connectivity index (χ4n) is 1.94. The largest absolute Gasteiger partial charge is 0.396 e. The quantitative estimate of drug-likeness (QED) is 0.880. The smallest absolute Gasteiger partial charge is 0.137 e. The first-order valence-corrected chi connectivity index (χ1v) is 5.84. The number of hydrogen-bond donors (Lipinski definition) is 1. The second-order valence-corrected chi connectivity index (χ2v) is 4.38. The molecule has 0 saturated carbocycles. The Balaban J connectivity index is 2.24. The molecular weight excluding hydrogens is 214 g/mol. The van der Waals surface area contributed by atoms with E-state index in [0.29, 0.717) is 6.42 Å². The van der Waals surface area contributed by atoms with Crippen molar-refractivity contribution < 1.29 is 9.63 Å². The van der Waals surface area contributed by atoms with Gasteiger partial charge < -0.3 is 9.63 Å². The molecule has 0 saturated heterocycles. The Morgan fingerprint density at radius 3 is 2.47 bits per heavy atom. The molecule has 1 heterocycles. The highest BCUT2D eigenvalue weighted by Gasteiger charge is 2.07. The highest BCUT2D eigenvalue weighted by Crippen LogP contribution is 2.22. The lowest BCUT2D eigenvalue weighted by Crippen LogP contribution is -1.86. The van der Waals surface area contributed by atoms with Crippen molar-refractivity contribution in [3.8, 4) is 11.3 Å². The van der Waals surface area contributed by atoms with Crippen molar-refractivity contribution >= 4 is 0 Å². The Kier molecular flexibility index (Phi) is 3.59. The molecule has 0 radical (unpaired) electrons. The Labute approximate surface area is 101 Å². The fourth-order valence-corrected chi connectivity index (χ4v) is 1.94. The minimum atomic E-state index is 0.180. The number of hydrogen-bond acceptors (Lipinski definition) is 3. The van der Waals surface area contributed by atoms with Crippen molar-refractivity contribution in [1.29, 1.82) is 0 Å². The number of benzene rings is 1. The summed E-state index contributed by atoms with van der Waals surface area (Å²) in [4.78, 5) is 0. The predicted octanol–water partition coefficient (Wildman–Crippen LogP) is 2.88. The van der Waals surface area contributed by atoms with Crippen LogP contribution in [0.4, 0.5) is 0 Å². The third-order valence-corrected chi connectivity index (χ3v) is 2.66. The molecule has 0 spiro atoms. The number of rotatable bonds is 4. The molecule has 2 rings (SSSR count). The molecular formula is C14H17NO2. The lowest BCUT2D eigenvalue weighted by Gasteiger charge is -2.00. The molecule has 0 bridgehead atoms. The zero-order chi connectivity index (χ0) is 12.3. The summed E-state index contributed by atoms with van der Waals surface area (Å²) in [5.41, 5.74) is 4.39. The number of nitrogens with zero attached hydrogens (tertiary/aromatic N) is 1. The van der Waals surface area contributed by atoms with Crippen LogP contribution in [0.5, 0.6) is 0 Å². The molecule has 3 heteroatoms. The first kappa shape index (κ1) is 11.9. The van der Waals surface area contributed by atoms with E-state index in [9.17, 15) is 0 Å². The van der Waals surface area contributed by atoms with Crippen molar-refractivity contribution in [2.45, 2.75) is 26.7 Å². The van der Waals surface area contributed by atoms with Crippen LogP contribution in [0.25, 0.3) is 11.3 Å². The summed E-state index contributed by atoms with van der Waals surface area (Å²) in [7, 11) is 0. The lowest BCUT2D eigenvalue weighted by atomic mass is 10.0. The second-order valence-electron chi connectivity index (χ2n) is 4.38. The fraction of sp³-hybridized carbons (Fsp3) is 0.357. The van der Waals surface area contributed by atoms with Gasteiger partial charge in [0.1, 0.15) is 11.5 Å².